The number of rotatable bonds is 4. The van der Waals surface area contributed by atoms with Crippen molar-refractivity contribution < 1.29 is 9.53 Å². The van der Waals surface area contributed by atoms with Gasteiger partial charge in [0, 0.05) is 26.9 Å². The average Bonchev–Trinajstić information content (AvgIpc) is 2.92. The quantitative estimate of drug-likeness (QED) is 0.739. The van der Waals surface area contributed by atoms with Crippen molar-refractivity contribution in [2.45, 2.75) is 16.2 Å². The molecule has 3 nitrogen and oxygen atoms in total. The van der Waals surface area contributed by atoms with Gasteiger partial charge in [0.05, 0.1) is 13.5 Å². The van der Waals surface area contributed by atoms with Crippen molar-refractivity contribution >= 4 is 28.6 Å². The molecule has 0 aliphatic rings. The van der Waals surface area contributed by atoms with Crippen molar-refractivity contribution in [1.82, 2.24) is 4.98 Å². The van der Waals surface area contributed by atoms with E-state index in [4.69, 9.17) is 4.74 Å². The Balaban J connectivity index is 1.93. The number of hydrogen-bond donors (Lipinski definition) is 1. The molecule has 0 saturated heterocycles. The van der Waals surface area contributed by atoms with Gasteiger partial charge in [0.15, 0.2) is 0 Å². The third-order valence-electron chi connectivity index (χ3n) is 3.31. The second-order valence-corrected chi connectivity index (χ2v) is 5.74. The van der Waals surface area contributed by atoms with Crippen molar-refractivity contribution in [1.29, 1.82) is 0 Å². The van der Waals surface area contributed by atoms with Gasteiger partial charge in [-0.05, 0) is 17.7 Å². The van der Waals surface area contributed by atoms with Crippen LogP contribution in [0, 0.1) is 0 Å². The van der Waals surface area contributed by atoms with Crippen LogP contribution >= 0.6 is 11.8 Å². The highest BCUT2D eigenvalue weighted by atomic mass is 32.2. The highest BCUT2D eigenvalue weighted by molar-refractivity contribution is 7.99. The first-order chi connectivity index (χ1) is 10.3. The Bertz CT molecular complexity index is 779. The zero-order chi connectivity index (χ0) is 14.7. The SMILES string of the molecule is COC(=O)Cc1ccccc1Sc1c[nH]c2ccccc12. The smallest absolute Gasteiger partial charge is 0.310 e. The van der Waals surface area contributed by atoms with Gasteiger partial charge < -0.3 is 9.72 Å². The number of ether oxygens (including phenoxy) is 1. The lowest BCUT2D eigenvalue weighted by Crippen LogP contribution is -2.05. The molecule has 4 heteroatoms. The van der Waals surface area contributed by atoms with E-state index in [0.29, 0.717) is 6.42 Å². The standard InChI is InChI=1S/C17H15NO2S/c1-20-17(19)10-12-6-2-5-9-15(12)21-16-11-18-14-8-4-3-7-13(14)16/h2-9,11,18H,10H2,1H3. The van der Waals surface area contributed by atoms with Gasteiger partial charge in [-0.15, -0.1) is 0 Å². The maximum absolute atomic E-state index is 11.5. The number of fused-ring (bicyclic) bond motifs is 1. The van der Waals surface area contributed by atoms with E-state index in [0.717, 1.165) is 20.9 Å². The summed E-state index contributed by atoms with van der Waals surface area (Å²) >= 11 is 1.66. The number of carbonyl (C=O) groups excluding carboxylic acids is 1. The number of aromatic amines is 1. The number of para-hydroxylation sites is 1. The van der Waals surface area contributed by atoms with Crippen LogP contribution in [0.5, 0.6) is 0 Å². The number of aromatic nitrogens is 1. The Morgan fingerprint density at radius 3 is 2.71 bits per heavy atom. The van der Waals surface area contributed by atoms with Crippen LogP contribution in [0.25, 0.3) is 10.9 Å². The largest absolute Gasteiger partial charge is 0.469 e. The summed E-state index contributed by atoms with van der Waals surface area (Å²) in [5.41, 5.74) is 2.10. The van der Waals surface area contributed by atoms with E-state index in [1.807, 2.05) is 42.6 Å². The minimum Gasteiger partial charge on any atom is -0.469 e. The molecule has 21 heavy (non-hydrogen) atoms. The minimum absolute atomic E-state index is 0.220. The molecule has 0 aliphatic carbocycles. The monoisotopic (exact) mass is 297 g/mol. The van der Waals surface area contributed by atoms with Crippen LogP contribution in [-0.4, -0.2) is 18.1 Å². The van der Waals surface area contributed by atoms with Gasteiger partial charge in [-0.2, -0.15) is 0 Å². The summed E-state index contributed by atoms with van der Waals surface area (Å²) in [5.74, 6) is -0.220. The van der Waals surface area contributed by atoms with Gasteiger partial charge >= 0.3 is 5.97 Å². The number of methoxy groups -OCH3 is 1. The van der Waals surface area contributed by atoms with Gasteiger partial charge in [0.2, 0.25) is 0 Å². The molecule has 0 spiro atoms. The van der Waals surface area contributed by atoms with E-state index < -0.39 is 0 Å². The lowest BCUT2D eigenvalue weighted by atomic mass is 10.1. The Hall–Kier alpha value is -2.20. The first kappa shape index (κ1) is 13.8. The molecule has 2 aromatic carbocycles. The maximum Gasteiger partial charge on any atom is 0.310 e. The highest BCUT2D eigenvalue weighted by Crippen LogP contribution is 2.35. The average molecular weight is 297 g/mol. The number of hydrogen-bond acceptors (Lipinski definition) is 3. The minimum atomic E-state index is -0.220. The fourth-order valence-electron chi connectivity index (χ4n) is 2.22. The van der Waals surface area contributed by atoms with Gasteiger partial charge in [-0.1, -0.05) is 48.2 Å². The summed E-state index contributed by atoms with van der Waals surface area (Å²) in [6.45, 7) is 0. The molecular formula is C17H15NO2S. The van der Waals surface area contributed by atoms with Gasteiger partial charge in [-0.25, -0.2) is 0 Å². The van der Waals surface area contributed by atoms with Crippen molar-refractivity contribution in [3.8, 4) is 0 Å². The van der Waals surface area contributed by atoms with Crippen molar-refractivity contribution in [2.75, 3.05) is 7.11 Å². The third kappa shape index (κ3) is 2.95. The predicted octanol–water partition coefficient (Wildman–Crippen LogP) is 4.03. The zero-order valence-corrected chi connectivity index (χ0v) is 12.4. The van der Waals surface area contributed by atoms with Crippen molar-refractivity contribution in [2.24, 2.45) is 0 Å². The summed E-state index contributed by atoms with van der Waals surface area (Å²) < 4.78 is 4.76. The summed E-state index contributed by atoms with van der Waals surface area (Å²) in [6, 6.07) is 16.1. The summed E-state index contributed by atoms with van der Waals surface area (Å²) in [6.07, 6.45) is 2.30. The van der Waals surface area contributed by atoms with E-state index in [1.165, 1.54) is 12.5 Å². The molecule has 0 fully saturated rings. The molecule has 3 aromatic rings. The molecule has 1 aromatic heterocycles. The lowest BCUT2D eigenvalue weighted by molar-refractivity contribution is -0.139. The molecule has 106 valence electrons. The molecule has 3 rings (SSSR count). The molecule has 1 heterocycles. The molecular weight excluding hydrogens is 282 g/mol. The van der Waals surface area contributed by atoms with Crippen LogP contribution < -0.4 is 0 Å². The van der Waals surface area contributed by atoms with Crippen molar-refractivity contribution in [3.63, 3.8) is 0 Å². The second-order valence-electron chi connectivity index (χ2n) is 4.66. The Labute approximate surface area is 127 Å². The van der Waals surface area contributed by atoms with Crippen LogP contribution in [0.1, 0.15) is 5.56 Å². The Morgan fingerprint density at radius 2 is 1.86 bits per heavy atom. The number of nitrogens with one attached hydrogen (secondary N) is 1. The van der Waals surface area contributed by atoms with E-state index in [2.05, 4.69) is 17.1 Å². The predicted molar refractivity (Wildman–Crippen MR) is 84.6 cm³/mol. The number of carbonyl (C=O) groups is 1. The molecule has 1 N–H and O–H groups in total. The number of H-pyrrole nitrogens is 1. The highest BCUT2D eigenvalue weighted by Gasteiger charge is 2.11. The molecule has 0 radical (unpaired) electrons. The van der Waals surface area contributed by atoms with E-state index in [1.54, 1.807) is 11.8 Å². The first-order valence-electron chi connectivity index (χ1n) is 6.66. The molecule has 0 unspecified atom stereocenters. The maximum atomic E-state index is 11.5. The van der Waals surface area contributed by atoms with Crippen LogP contribution in [0.2, 0.25) is 0 Å². The zero-order valence-electron chi connectivity index (χ0n) is 11.6. The van der Waals surface area contributed by atoms with Crippen LogP contribution in [0.3, 0.4) is 0 Å². The van der Waals surface area contributed by atoms with E-state index >= 15 is 0 Å². The fraction of sp³-hybridized carbons (Fsp3) is 0.118. The summed E-state index contributed by atoms with van der Waals surface area (Å²) in [5, 5.41) is 1.19. The molecule has 0 atom stereocenters. The van der Waals surface area contributed by atoms with Crippen LogP contribution in [-0.2, 0) is 16.0 Å². The lowest BCUT2D eigenvalue weighted by Gasteiger charge is -2.07. The molecule has 0 aliphatic heterocycles. The van der Waals surface area contributed by atoms with E-state index in [9.17, 15) is 4.79 Å². The summed E-state index contributed by atoms with van der Waals surface area (Å²) in [7, 11) is 1.41. The molecule has 0 amide bonds. The van der Waals surface area contributed by atoms with Crippen molar-refractivity contribution in [3.05, 3.63) is 60.3 Å². The number of esters is 1. The molecule has 0 saturated carbocycles. The van der Waals surface area contributed by atoms with Crippen LogP contribution in [0.4, 0.5) is 0 Å². The molecule has 0 bridgehead atoms. The third-order valence-corrected chi connectivity index (χ3v) is 4.48. The van der Waals surface area contributed by atoms with Gasteiger partial charge in [0.25, 0.3) is 0 Å². The summed E-state index contributed by atoms with van der Waals surface area (Å²) in [4.78, 5) is 17.0. The fourth-order valence-corrected chi connectivity index (χ4v) is 3.29. The topological polar surface area (TPSA) is 42.1 Å². The van der Waals surface area contributed by atoms with Gasteiger partial charge in [-0.3, -0.25) is 4.79 Å². The van der Waals surface area contributed by atoms with Gasteiger partial charge in [0.1, 0.15) is 0 Å². The normalized spacial score (nSPS) is 10.7. The number of benzene rings is 2. The first-order valence-corrected chi connectivity index (χ1v) is 7.48. The second kappa shape index (κ2) is 6.06. The van der Waals surface area contributed by atoms with Crippen LogP contribution in [0.15, 0.2) is 64.5 Å². The Kier molecular flexibility index (Phi) is 3.97. The van der Waals surface area contributed by atoms with E-state index in [-0.39, 0.29) is 5.97 Å². The Morgan fingerprint density at radius 1 is 1.10 bits per heavy atom.